The van der Waals surface area contributed by atoms with Crippen LogP contribution in [0.3, 0.4) is 0 Å². The van der Waals surface area contributed by atoms with Gasteiger partial charge in [0.25, 0.3) is 5.91 Å². The first-order chi connectivity index (χ1) is 14.5. The maximum atomic E-state index is 12.9. The number of benzene rings is 1. The van der Waals surface area contributed by atoms with Crippen molar-refractivity contribution in [1.29, 1.82) is 0 Å². The second-order valence-electron chi connectivity index (χ2n) is 9.45. The van der Waals surface area contributed by atoms with Crippen LogP contribution in [0.5, 0.6) is 0 Å². The quantitative estimate of drug-likeness (QED) is 0.572. The molecule has 0 atom stereocenters. The van der Waals surface area contributed by atoms with E-state index in [1.807, 2.05) is 24.3 Å². The van der Waals surface area contributed by atoms with Gasteiger partial charge in [-0.05, 0) is 62.3 Å². The summed E-state index contributed by atoms with van der Waals surface area (Å²) in [5.74, 6) is 1.56. The molecule has 0 aliphatic heterocycles. The number of hydrogen-bond acceptors (Lipinski definition) is 3. The minimum atomic E-state index is -0.376. The van der Waals surface area contributed by atoms with E-state index in [0.717, 1.165) is 30.2 Å². The smallest absolute Gasteiger partial charge is 0.271 e. The molecule has 0 spiro atoms. The molecule has 30 heavy (non-hydrogen) atoms. The lowest BCUT2D eigenvalue weighted by molar-refractivity contribution is -0.146. The standard InChI is InChI=1S/C23H28N4O3/c28-20(26-27-21(29)18-13-25-19-4-2-1-3-17(18)19)5-6-24-22(30)23-10-14-7-15(11-23)9-16(8-14)12-23/h1-4,13-16,25H,5-12H2,(H,24,30)(H,26,28)(H,27,29). The Morgan fingerprint density at radius 3 is 2.33 bits per heavy atom. The summed E-state index contributed by atoms with van der Waals surface area (Å²) in [4.78, 5) is 40.4. The van der Waals surface area contributed by atoms with Crippen LogP contribution in [-0.4, -0.2) is 29.3 Å². The second kappa shape index (κ2) is 7.45. The number of carbonyl (C=O) groups is 3. The van der Waals surface area contributed by atoms with Crippen LogP contribution in [0.2, 0.25) is 0 Å². The SMILES string of the molecule is O=C(CCNC(=O)C12CC3CC(CC(C3)C1)C2)NNC(=O)c1c[nH]c2ccccc12. The highest BCUT2D eigenvalue weighted by Gasteiger charge is 2.54. The molecule has 6 rings (SSSR count). The number of rotatable bonds is 5. The third kappa shape index (κ3) is 3.46. The predicted octanol–water partition coefficient (Wildman–Crippen LogP) is 2.65. The van der Waals surface area contributed by atoms with Crippen LogP contribution in [0.4, 0.5) is 0 Å². The van der Waals surface area contributed by atoms with Crippen molar-refractivity contribution in [3.8, 4) is 0 Å². The second-order valence-corrected chi connectivity index (χ2v) is 9.45. The summed E-state index contributed by atoms with van der Waals surface area (Å²) < 4.78 is 0. The summed E-state index contributed by atoms with van der Waals surface area (Å²) in [6.45, 7) is 0.287. The fourth-order valence-electron chi connectivity index (χ4n) is 6.38. The van der Waals surface area contributed by atoms with Crippen LogP contribution in [0.1, 0.15) is 55.3 Å². The van der Waals surface area contributed by atoms with Gasteiger partial charge < -0.3 is 10.3 Å². The summed E-state index contributed by atoms with van der Waals surface area (Å²) in [6.07, 6.45) is 8.68. The minimum Gasteiger partial charge on any atom is -0.360 e. The largest absolute Gasteiger partial charge is 0.360 e. The lowest BCUT2D eigenvalue weighted by atomic mass is 9.49. The van der Waals surface area contributed by atoms with Crippen molar-refractivity contribution in [3.63, 3.8) is 0 Å². The van der Waals surface area contributed by atoms with Gasteiger partial charge in [-0.2, -0.15) is 0 Å². The van der Waals surface area contributed by atoms with Crippen LogP contribution in [-0.2, 0) is 9.59 Å². The lowest BCUT2D eigenvalue weighted by Gasteiger charge is -2.55. The van der Waals surface area contributed by atoms with Gasteiger partial charge in [0.1, 0.15) is 0 Å². The van der Waals surface area contributed by atoms with E-state index in [1.54, 1.807) is 6.20 Å². The Morgan fingerprint density at radius 2 is 1.63 bits per heavy atom. The molecule has 4 aliphatic carbocycles. The average Bonchev–Trinajstić information content (AvgIpc) is 3.15. The Kier molecular flexibility index (Phi) is 4.76. The van der Waals surface area contributed by atoms with Crippen molar-refractivity contribution >= 4 is 28.6 Å². The van der Waals surface area contributed by atoms with E-state index in [0.29, 0.717) is 23.3 Å². The number of aromatic amines is 1. The molecule has 0 unspecified atom stereocenters. The molecule has 0 saturated heterocycles. The van der Waals surface area contributed by atoms with E-state index in [2.05, 4.69) is 21.2 Å². The summed E-state index contributed by atoms with van der Waals surface area (Å²) in [5.41, 5.74) is 6.03. The number of carbonyl (C=O) groups excluding carboxylic acids is 3. The van der Waals surface area contributed by atoms with Crippen molar-refractivity contribution in [3.05, 3.63) is 36.0 Å². The molecule has 1 heterocycles. The third-order valence-corrected chi connectivity index (χ3v) is 7.31. The molecule has 4 aliphatic rings. The Labute approximate surface area is 175 Å². The molecule has 7 nitrogen and oxygen atoms in total. The van der Waals surface area contributed by atoms with E-state index in [-0.39, 0.29) is 36.1 Å². The first-order valence-corrected chi connectivity index (χ1v) is 11.0. The van der Waals surface area contributed by atoms with Gasteiger partial charge >= 0.3 is 0 Å². The molecule has 0 radical (unpaired) electrons. The molecule has 7 heteroatoms. The minimum absolute atomic E-state index is 0.122. The fourth-order valence-corrected chi connectivity index (χ4v) is 6.38. The zero-order valence-electron chi connectivity index (χ0n) is 17.0. The molecule has 4 bridgehead atoms. The maximum absolute atomic E-state index is 12.9. The van der Waals surface area contributed by atoms with Gasteiger partial charge in [-0.25, -0.2) is 0 Å². The third-order valence-electron chi connectivity index (χ3n) is 7.31. The monoisotopic (exact) mass is 408 g/mol. The van der Waals surface area contributed by atoms with Crippen molar-refractivity contribution in [2.45, 2.75) is 44.9 Å². The van der Waals surface area contributed by atoms with Gasteiger partial charge in [-0.3, -0.25) is 25.2 Å². The normalized spacial score (nSPS) is 29.0. The zero-order chi connectivity index (χ0) is 20.7. The highest BCUT2D eigenvalue weighted by Crippen LogP contribution is 2.60. The van der Waals surface area contributed by atoms with E-state index in [1.165, 1.54) is 19.3 Å². The van der Waals surface area contributed by atoms with Gasteiger partial charge in [-0.1, -0.05) is 18.2 Å². The molecule has 4 N–H and O–H groups in total. The summed E-state index contributed by atoms with van der Waals surface area (Å²) in [5, 5.41) is 3.79. The molecular weight excluding hydrogens is 380 g/mol. The van der Waals surface area contributed by atoms with Crippen molar-refractivity contribution < 1.29 is 14.4 Å². The predicted molar refractivity (Wildman–Crippen MR) is 112 cm³/mol. The van der Waals surface area contributed by atoms with Crippen LogP contribution in [0.25, 0.3) is 10.9 Å². The molecule has 2 aromatic rings. The Balaban J connectivity index is 1.09. The summed E-state index contributed by atoms with van der Waals surface area (Å²) in [6, 6.07) is 7.48. The highest BCUT2D eigenvalue weighted by atomic mass is 16.2. The molecular formula is C23H28N4O3. The lowest BCUT2D eigenvalue weighted by Crippen LogP contribution is -2.54. The molecule has 158 valence electrons. The maximum Gasteiger partial charge on any atom is 0.271 e. The Hall–Kier alpha value is -2.83. The summed E-state index contributed by atoms with van der Waals surface area (Å²) >= 11 is 0. The molecule has 3 amide bonds. The first-order valence-electron chi connectivity index (χ1n) is 11.0. The van der Waals surface area contributed by atoms with Crippen molar-refractivity contribution in [2.24, 2.45) is 23.2 Å². The molecule has 4 saturated carbocycles. The van der Waals surface area contributed by atoms with E-state index < -0.39 is 0 Å². The number of fused-ring (bicyclic) bond motifs is 1. The Morgan fingerprint density at radius 1 is 0.967 bits per heavy atom. The average molecular weight is 409 g/mol. The molecule has 1 aromatic heterocycles. The van der Waals surface area contributed by atoms with Crippen molar-refractivity contribution in [2.75, 3.05) is 6.54 Å². The van der Waals surface area contributed by atoms with Crippen LogP contribution < -0.4 is 16.2 Å². The summed E-state index contributed by atoms with van der Waals surface area (Å²) in [7, 11) is 0. The molecule has 4 fully saturated rings. The van der Waals surface area contributed by atoms with Crippen molar-refractivity contribution in [1.82, 2.24) is 21.2 Å². The van der Waals surface area contributed by atoms with E-state index in [9.17, 15) is 14.4 Å². The number of nitrogens with one attached hydrogen (secondary N) is 4. The van der Waals surface area contributed by atoms with Gasteiger partial charge in [-0.15, -0.1) is 0 Å². The van der Waals surface area contributed by atoms with E-state index in [4.69, 9.17) is 0 Å². The van der Waals surface area contributed by atoms with Gasteiger partial charge in [0.2, 0.25) is 11.8 Å². The highest BCUT2D eigenvalue weighted by molar-refractivity contribution is 6.07. The number of hydrazine groups is 1. The number of amides is 3. The zero-order valence-corrected chi connectivity index (χ0v) is 17.0. The van der Waals surface area contributed by atoms with Crippen LogP contribution in [0, 0.1) is 23.2 Å². The molecule has 1 aromatic carbocycles. The topological polar surface area (TPSA) is 103 Å². The van der Waals surface area contributed by atoms with Gasteiger partial charge in [0.05, 0.1) is 5.56 Å². The number of para-hydroxylation sites is 1. The number of aromatic nitrogens is 1. The first kappa shape index (κ1) is 19.2. The van der Waals surface area contributed by atoms with Gasteiger partial charge in [0.15, 0.2) is 0 Å². The Bertz CT molecular complexity index is 960. The van der Waals surface area contributed by atoms with E-state index >= 15 is 0 Å². The number of H-pyrrole nitrogens is 1. The van der Waals surface area contributed by atoms with Gasteiger partial charge in [0, 0.05) is 35.5 Å². The fraction of sp³-hybridized carbons (Fsp3) is 0.522. The van der Waals surface area contributed by atoms with Crippen LogP contribution >= 0.6 is 0 Å². The van der Waals surface area contributed by atoms with Crippen LogP contribution in [0.15, 0.2) is 30.5 Å². The number of hydrogen-bond donors (Lipinski definition) is 4.